The maximum absolute atomic E-state index is 6.36. The highest BCUT2D eigenvalue weighted by atomic mass is 16.3. The fourth-order valence-corrected chi connectivity index (χ4v) is 4.57. The summed E-state index contributed by atoms with van der Waals surface area (Å²) in [4.78, 5) is 9.77. The first kappa shape index (κ1) is 20.7. The molecule has 0 amide bonds. The minimum atomic E-state index is 0.0564. The summed E-state index contributed by atoms with van der Waals surface area (Å²) in [6, 6.07) is 17.4. The lowest BCUT2D eigenvalue weighted by Crippen LogP contribution is -2.04. The Balaban J connectivity index is 1.53. The average Bonchev–Trinajstić information content (AvgIpc) is 3.17. The van der Waals surface area contributed by atoms with Crippen LogP contribution < -0.4 is 0 Å². The lowest BCUT2D eigenvalue weighted by molar-refractivity contribution is 0.629. The van der Waals surface area contributed by atoms with Crippen LogP contribution in [0.5, 0.6) is 0 Å². The topological polar surface area (TPSA) is 38.4 Å². The number of dihydropyridines is 1. The zero-order valence-electron chi connectivity index (χ0n) is 19.5. The summed E-state index contributed by atoms with van der Waals surface area (Å²) in [5.74, 6) is 0.886. The second-order valence-electron chi connectivity index (χ2n) is 9.49. The highest BCUT2D eigenvalue weighted by molar-refractivity contribution is 6.11. The van der Waals surface area contributed by atoms with Gasteiger partial charge in [-0.25, -0.2) is 4.98 Å². The fourth-order valence-electron chi connectivity index (χ4n) is 4.57. The van der Waals surface area contributed by atoms with Gasteiger partial charge in [0, 0.05) is 28.2 Å². The van der Waals surface area contributed by atoms with E-state index in [4.69, 9.17) is 14.4 Å². The van der Waals surface area contributed by atoms with E-state index in [9.17, 15) is 0 Å². The standard InChI is InChI=1S/C29H30N2O/c1-17(2)20-7-6-8-21(15-20)22-10-13-26(30-16-22)27-19(5)9-11-23-24-12-14-25(18(3)4)31-29(24)32-28(23)27/h6-12,14-18,26H,13H2,1-5H3. The molecular formula is C29H30N2O. The lowest BCUT2D eigenvalue weighted by atomic mass is 9.92. The van der Waals surface area contributed by atoms with Crippen molar-refractivity contribution in [2.45, 2.75) is 58.9 Å². The van der Waals surface area contributed by atoms with E-state index >= 15 is 0 Å². The van der Waals surface area contributed by atoms with E-state index in [0.29, 0.717) is 11.8 Å². The van der Waals surface area contributed by atoms with Gasteiger partial charge >= 0.3 is 0 Å². The minimum absolute atomic E-state index is 0.0564. The van der Waals surface area contributed by atoms with Crippen molar-refractivity contribution in [3.63, 3.8) is 0 Å². The van der Waals surface area contributed by atoms with Crippen LogP contribution in [-0.4, -0.2) is 11.2 Å². The second-order valence-corrected chi connectivity index (χ2v) is 9.49. The van der Waals surface area contributed by atoms with Gasteiger partial charge in [0.2, 0.25) is 5.71 Å². The van der Waals surface area contributed by atoms with Gasteiger partial charge in [0.25, 0.3) is 0 Å². The molecule has 0 saturated heterocycles. The smallest absolute Gasteiger partial charge is 0.227 e. The maximum Gasteiger partial charge on any atom is 0.227 e. The van der Waals surface area contributed by atoms with Gasteiger partial charge < -0.3 is 4.42 Å². The number of benzene rings is 2. The van der Waals surface area contributed by atoms with Gasteiger partial charge in [-0.15, -0.1) is 0 Å². The molecule has 1 atom stereocenters. The number of aromatic nitrogens is 1. The van der Waals surface area contributed by atoms with Gasteiger partial charge in [-0.2, -0.15) is 0 Å². The van der Waals surface area contributed by atoms with Crippen molar-refractivity contribution in [3.8, 4) is 0 Å². The van der Waals surface area contributed by atoms with Gasteiger partial charge in [0.1, 0.15) is 5.58 Å². The Bertz CT molecular complexity index is 1370. The maximum atomic E-state index is 6.36. The number of pyridine rings is 1. The summed E-state index contributed by atoms with van der Waals surface area (Å²) in [6.07, 6.45) is 5.20. The van der Waals surface area contributed by atoms with Crippen molar-refractivity contribution < 1.29 is 4.42 Å². The van der Waals surface area contributed by atoms with Crippen LogP contribution in [0.15, 0.2) is 64.0 Å². The third-order valence-electron chi connectivity index (χ3n) is 6.55. The molecule has 2 aromatic carbocycles. The Morgan fingerprint density at radius 2 is 1.75 bits per heavy atom. The third-order valence-corrected chi connectivity index (χ3v) is 6.55. The van der Waals surface area contributed by atoms with Crippen molar-refractivity contribution in [3.05, 3.63) is 82.6 Å². The van der Waals surface area contributed by atoms with Crippen LogP contribution in [0.1, 0.15) is 79.9 Å². The summed E-state index contributed by atoms with van der Waals surface area (Å²) in [6.45, 7) is 10.9. The molecule has 0 spiro atoms. The summed E-state index contributed by atoms with van der Waals surface area (Å²) < 4.78 is 6.36. The molecule has 1 aliphatic rings. The van der Waals surface area contributed by atoms with Gasteiger partial charge in [-0.1, -0.05) is 70.2 Å². The number of aryl methyl sites for hydroxylation is 1. The van der Waals surface area contributed by atoms with Gasteiger partial charge in [-0.05, 0) is 59.6 Å². The molecule has 2 aromatic heterocycles. The number of aliphatic imine (C=N–C) groups is 1. The predicted molar refractivity (Wildman–Crippen MR) is 135 cm³/mol. The summed E-state index contributed by atoms with van der Waals surface area (Å²) in [5, 5.41) is 2.20. The number of fused-ring (bicyclic) bond motifs is 3. The Morgan fingerprint density at radius 3 is 2.47 bits per heavy atom. The normalized spacial score (nSPS) is 16.5. The van der Waals surface area contributed by atoms with Crippen molar-refractivity contribution in [1.29, 1.82) is 0 Å². The molecule has 0 bridgehead atoms. The van der Waals surface area contributed by atoms with Crippen LogP contribution in [-0.2, 0) is 0 Å². The largest absolute Gasteiger partial charge is 0.437 e. The van der Waals surface area contributed by atoms with Crippen LogP contribution in [0.4, 0.5) is 0 Å². The first-order valence-electron chi connectivity index (χ1n) is 11.6. The number of rotatable bonds is 4. The average molecular weight is 423 g/mol. The highest BCUT2D eigenvalue weighted by Gasteiger charge is 2.22. The van der Waals surface area contributed by atoms with Crippen LogP contribution in [0.2, 0.25) is 0 Å². The van der Waals surface area contributed by atoms with Crippen molar-refractivity contribution in [1.82, 2.24) is 4.98 Å². The third kappa shape index (κ3) is 3.56. The van der Waals surface area contributed by atoms with Crippen LogP contribution >= 0.6 is 0 Å². The SMILES string of the molecule is Cc1ccc2c(oc3nc(C(C)C)ccc32)c1C1CC=C(c2cccc(C(C)C)c2)C=N1. The summed E-state index contributed by atoms with van der Waals surface area (Å²) >= 11 is 0. The Morgan fingerprint density at radius 1 is 0.938 bits per heavy atom. The van der Waals surface area contributed by atoms with Crippen molar-refractivity contribution in [2.75, 3.05) is 0 Å². The first-order valence-corrected chi connectivity index (χ1v) is 11.6. The molecule has 1 unspecified atom stereocenters. The summed E-state index contributed by atoms with van der Waals surface area (Å²) in [7, 11) is 0. The van der Waals surface area contributed by atoms with E-state index in [1.807, 2.05) is 6.21 Å². The van der Waals surface area contributed by atoms with Gasteiger partial charge in [0.15, 0.2) is 0 Å². The molecule has 4 aromatic rings. The predicted octanol–water partition coefficient (Wildman–Crippen LogP) is 8.14. The zero-order valence-corrected chi connectivity index (χ0v) is 19.5. The number of hydrogen-bond acceptors (Lipinski definition) is 3. The molecule has 0 N–H and O–H groups in total. The quantitative estimate of drug-likeness (QED) is 0.333. The molecule has 3 heterocycles. The van der Waals surface area contributed by atoms with E-state index in [1.165, 1.54) is 27.8 Å². The minimum Gasteiger partial charge on any atom is -0.437 e. The van der Waals surface area contributed by atoms with E-state index in [0.717, 1.165) is 34.2 Å². The number of allylic oxidation sites excluding steroid dienone is 1. The molecule has 5 rings (SSSR count). The Labute approximate surface area is 189 Å². The molecule has 3 nitrogen and oxygen atoms in total. The molecule has 0 saturated carbocycles. The number of hydrogen-bond donors (Lipinski definition) is 0. The van der Waals surface area contributed by atoms with Crippen LogP contribution in [0, 0.1) is 6.92 Å². The monoisotopic (exact) mass is 422 g/mol. The molecule has 1 aliphatic heterocycles. The molecule has 32 heavy (non-hydrogen) atoms. The Hall–Kier alpha value is -3.20. The number of furan rings is 1. The van der Waals surface area contributed by atoms with Gasteiger partial charge in [-0.3, -0.25) is 4.99 Å². The fraction of sp³-hybridized carbons (Fsp3) is 0.310. The Kier molecular flexibility index (Phi) is 5.21. The van der Waals surface area contributed by atoms with Crippen LogP contribution in [0.3, 0.4) is 0 Å². The van der Waals surface area contributed by atoms with E-state index in [-0.39, 0.29) is 6.04 Å². The van der Waals surface area contributed by atoms with Crippen LogP contribution in [0.25, 0.3) is 27.6 Å². The van der Waals surface area contributed by atoms with E-state index in [2.05, 4.69) is 89.2 Å². The zero-order chi connectivity index (χ0) is 22.4. The second kappa shape index (κ2) is 8.05. The van der Waals surface area contributed by atoms with E-state index in [1.54, 1.807) is 0 Å². The lowest BCUT2D eigenvalue weighted by Gasteiger charge is -2.19. The molecule has 0 fully saturated rings. The number of nitrogens with zero attached hydrogens (tertiary/aromatic N) is 2. The molecule has 3 heteroatoms. The van der Waals surface area contributed by atoms with E-state index < -0.39 is 0 Å². The molecule has 162 valence electrons. The molecular weight excluding hydrogens is 392 g/mol. The van der Waals surface area contributed by atoms with Crippen molar-refractivity contribution >= 4 is 33.9 Å². The highest BCUT2D eigenvalue weighted by Crippen LogP contribution is 2.39. The molecule has 0 radical (unpaired) electrons. The summed E-state index contributed by atoms with van der Waals surface area (Å²) in [5.41, 5.74) is 8.88. The van der Waals surface area contributed by atoms with Gasteiger partial charge in [0.05, 0.1) is 6.04 Å². The first-order chi connectivity index (χ1) is 15.4. The van der Waals surface area contributed by atoms with Crippen molar-refractivity contribution in [2.24, 2.45) is 4.99 Å². The molecule has 0 aliphatic carbocycles.